The number of halogens is 2. The van der Waals surface area contributed by atoms with Crippen molar-refractivity contribution in [2.24, 2.45) is 0 Å². The number of rotatable bonds is 2. The molecule has 0 radical (unpaired) electrons. The Morgan fingerprint density at radius 3 is 1.56 bits per heavy atom. The summed E-state index contributed by atoms with van der Waals surface area (Å²) in [6, 6.07) is 0. The van der Waals surface area contributed by atoms with Gasteiger partial charge >= 0.3 is 100 Å². The SMILES string of the molecule is C[Si](C)=[Hf+2]1([C]2=CC=CC2)([C]2=CC=CC2)[CH2][CH2]1.[Cl-].[Cl-]. The Morgan fingerprint density at radius 1 is 0.889 bits per heavy atom. The van der Waals surface area contributed by atoms with Gasteiger partial charge in [0.05, 0.1) is 0 Å². The maximum atomic E-state index is 2.60. The van der Waals surface area contributed by atoms with Gasteiger partial charge in [-0.05, 0) is 0 Å². The van der Waals surface area contributed by atoms with Crippen LogP contribution in [0, 0.1) is 0 Å². The van der Waals surface area contributed by atoms with Gasteiger partial charge in [-0.1, -0.05) is 0 Å². The van der Waals surface area contributed by atoms with Gasteiger partial charge in [-0.3, -0.25) is 0 Å². The molecule has 98 valence electrons. The molecule has 1 saturated heterocycles. The van der Waals surface area contributed by atoms with E-state index in [9.17, 15) is 0 Å². The molecule has 0 N–H and O–H groups in total. The van der Waals surface area contributed by atoms with Crippen LogP contribution >= 0.6 is 0 Å². The average molecular weight is 466 g/mol. The first-order valence-electron chi connectivity index (χ1n) is 6.39. The van der Waals surface area contributed by atoms with Crippen molar-refractivity contribution in [1.82, 2.24) is 0 Å². The van der Waals surface area contributed by atoms with E-state index in [0.29, 0.717) is 0 Å². The molecule has 0 aromatic carbocycles. The second-order valence-electron chi connectivity index (χ2n) is 5.83. The predicted molar refractivity (Wildman–Crippen MR) is 70.8 cm³/mol. The fraction of sp³-hybridized carbons (Fsp3) is 0.429. The van der Waals surface area contributed by atoms with Crippen molar-refractivity contribution in [3.8, 4) is 0 Å². The summed E-state index contributed by atoms with van der Waals surface area (Å²) >= 11 is -2.62. The van der Waals surface area contributed by atoms with Crippen LogP contribution in [0.15, 0.2) is 43.1 Å². The molecule has 0 bridgehead atoms. The quantitative estimate of drug-likeness (QED) is 0.434. The van der Waals surface area contributed by atoms with Crippen molar-refractivity contribution in [3.05, 3.63) is 43.1 Å². The van der Waals surface area contributed by atoms with Gasteiger partial charge in [0.25, 0.3) is 0 Å². The zero-order valence-corrected chi connectivity index (χ0v) is 17.2. The van der Waals surface area contributed by atoms with Crippen LogP contribution in [0.25, 0.3) is 0 Å². The van der Waals surface area contributed by atoms with Crippen LogP contribution in [0.4, 0.5) is 0 Å². The van der Waals surface area contributed by atoms with Gasteiger partial charge in [0, 0.05) is 0 Å². The van der Waals surface area contributed by atoms with E-state index in [-0.39, 0.29) is 30.3 Å². The normalized spacial score (nSPS) is 21.6. The van der Waals surface area contributed by atoms with Gasteiger partial charge in [0.15, 0.2) is 0 Å². The molecular weight excluding hydrogens is 446 g/mol. The second kappa shape index (κ2) is 5.55. The molecule has 0 nitrogen and oxygen atoms in total. The van der Waals surface area contributed by atoms with Gasteiger partial charge in [-0.25, -0.2) is 0 Å². The van der Waals surface area contributed by atoms with Crippen LogP contribution in [0.2, 0.25) is 21.4 Å². The molecule has 0 spiro atoms. The van der Waals surface area contributed by atoms with Gasteiger partial charge in [-0.2, -0.15) is 0 Å². The Hall–Kier alpha value is 0.627. The molecule has 0 aromatic rings. The van der Waals surface area contributed by atoms with E-state index in [1.165, 1.54) is 12.8 Å². The minimum Gasteiger partial charge on any atom is -1.00 e. The van der Waals surface area contributed by atoms with Crippen molar-refractivity contribution < 1.29 is 41.9 Å². The van der Waals surface area contributed by atoms with Crippen LogP contribution in [0.5, 0.6) is 0 Å². The van der Waals surface area contributed by atoms with E-state index < -0.39 is 17.1 Å². The first kappa shape index (κ1) is 16.7. The van der Waals surface area contributed by atoms with E-state index in [1.807, 2.05) is 6.66 Å². The smallest absolute Gasteiger partial charge is 1.00 e. The Kier molecular flexibility index (Phi) is 5.14. The molecule has 0 saturated carbocycles. The average Bonchev–Trinajstić information content (AvgIpc) is 2.79. The van der Waals surface area contributed by atoms with E-state index >= 15 is 0 Å². The van der Waals surface area contributed by atoms with Gasteiger partial charge in [-0.15, -0.1) is 0 Å². The predicted octanol–water partition coefficient (Wildman–Crippen LogP) is -1.53. The van der Waals surface area contributed by atoms with E-state index in [1.54, 1.807) is 8.35 Å². The molecule has 4 heteroatoms. The molecule has 3 aliphatic rings. The summed E-state index contributed by atoms with van der Waals surface area (Å²) < 4.78 is 7.12. The first-order chi connectivity index (χ1) is 7.69. The van der Waals surface area contributed by atoms with Gasteiger partial charge < -0.3 is 24.8 Å². The number of hydrogen-bond acceptors (Lipinski definition) is 0. The molecule has 1 fully saturated rings. The number of hydrogen-bond donors (Lipinski definition) is 0. The van der Waals surface area contributed by atoms with E-state index in [0.717, 1.165) is 0 Å². The summed E-state index contributed by atoms with van der Waals surface area (Å²) in [5.41, 5.74) is -0.122. The maximum absolute atomic E-state index is 2.62. The number of allylic oxidation sites excluding steroid dienone is 8. The molecular formula is C14H20Cl2HfSi. The molecule has 0 atom stereocenters. The minimum absolute atomic E-state index is 0. The van der Waals surface area contributed by atoms with Crippen LogP contribution in [-0.4, -0.2) is 5.49 Å². The molecule has 0 amide bonds. The largest absolute Gasteiger partial charge is 1.00 e. The molecule has 0 unspecified atom stereocenters. The van der Waals surface area contributed by atoms with Crippen LogP contribution in [0.3, 0.4) is 0 Å². The molecule has 1 aliphatic heterocycles. The monoisotopic (exact) mass is 466 g/mol. The third kappa shape index (κ3) is 1.95. The van der Waals surface area contributed by atoms with Crippen molar-refractivity contribution in [2.45, 2.75) is 34.3 Å². The third-order valence-electron chi connectivity index (χ3n) is 5.30. The fourth-order valence-electron chi connectivity index (χ4n) is 3.97. The Bertz CT molecular complexity index is 502. The van der Waals surface area contributed by atoms with Crippen LogP contribution in [-0.2, 0) is 17.1 Å². The Labute approximate surface area is 124 Å². The zero-order chi connectivity index (χ0) is 11.3. The second-order valence-corrected chi connectivity index (χ2v) is 48.8. The van der Waals surface area contributed by atoms with Crippen LogP contribution in [0.1, 0.15) is 12.8 Å². The Balaban J connectivity index is 0.000000810. The summed E-state index contributed by atoms with van der Waals surface area (Å²) in [5, 5.41) is 0. The summed E-state index contributed by atoms with van der Waals surface area (Å²) in [4.78, 5) is 0. The van der Waals surface area contributed by atoms with Gasteiger partial charge in [0.2, 0.25) is 0 Å². The molecule has 3 rings (SSSR count). The summed E-state index contributed by atoms with van der Waals surface area (Å²) in [7, 11) is 0. The van der Waals surface area contributed by atoms with Crippen molar-refractivity contribution >= 4 is 5.49 Å². The maximum Gasteiger partial charge on any atom is -1.00 e. The van der Waals surface area contributed by atoms with Crippen LogP contribution < -0.4 is 24.8 Å². The Morgan fingerprint density at radius 2 is 1.33 bits per heavy atom. The van der Waals surface area contributed by atoms with E-state index in [2.05, 4.69) is 49.6 Å². The zero-order valence-electron chi connectivity index (χ0n) is 11.0. The van der Waals surface area contributed by atoms with Crippen molar-refractivity contribution in [2.75, 3.05) is 0 Å². The molecule has 18 heavy (non-hydrogen) atoms. The fourth-order valence-corrected chi connectivity index (χ4v) is 68.7. The van der Waals surface area contributed by atoms with Crippen molar-refractivity contribution in [3.63, 3.8) is 0 Å². The minimum atomic E-state index is -2.62. The molecule has 1 heterocycles. The summed E-state index contributed by atoms with van der Waals surface area (Å²) in [5.74, 6) is 0. The summed E-state index contributed by atoms with van der Waals surface area (Å²) in [6.45, 7) is 5.21. The summed E-state index contributed by atoms with van der Waals surface area (Å²) in [6.07, 6.45) is 17.0. The third-order valence-corrected chi connectivity index (χ3v) is 64.1. The van der Waals surface area contributed by atoms with E-state index in [4.69, 9.17) is 0 Å². The molecule has 2 aliphatic carbocycles. The standard InChI is InChI=1S/2C5H5.C2H6Si.C2H4.2ClH.Hf/c2*1-2-4-5-3-1;1-3-2;1-2;;;/h2*1-3H,4H2;1-2H3;1-2H2;2*1H;/q;;;;;;+2/p-2. The van der Waals surface area contributed by atoms with Gasteiger partial charge in [0.1, 0.15) is 0 Å². The molecule has 0 aromatic heterocycles. The van der Waals surface area contributed by atoms with Crippen molar-refractivity contribution in [1.29, 1.82) is 0 Å². The topological polar surface area (TPSA) is 0 Å². The first-order valence-corrected chi connectivity index (χ1v) is 23.0.